The molecular weight excluding hydrogens is 276 g/mol. The molecule has 1 amide bonds. The maximum Gasteiger partial charge on any atom is 0.234 e. The van der Waals surface area contributed by atoms with E-state index in [-0.39, 0.29) is 5.91 Å². The summed E-state index contributed by atoms with van der Waals surface area (Å²) < 4.78 is 1.72. The second kappa shape index (κ2) is 6.76. The summed E-state index contributed by atoms with van der Waals surface area (Å²) in [4.78, 5) is 14.6. The van der Waals surface area contributed by atoms with Gasteiger partial charge < -0.3 is 10.2 Å². The maximum absolute atomic E-state index is 11.7. The molecule has 0 atom stereocenters. The molecule has 110 valence electrons. The van der Waals surface area contributed by atoms with Gasteiger partial charge in [0.2, 0.25) is 10.9 Å². The third kappa shape index (κ3) is 3.97. The Morgan fingerprint density at radius 1 is 1.40 bits per heavy atom. The smallest absolute Gasteiger partial charge is 0.234 e. The number of aromatic nitrogens is 4. The molecule has 0 unspecified atom stereocenters. The van der Waals surface area contributed by atoms with Crippen molar-refractivity contribution in [2.45, 2.75) is 26.2 Å². The van der Waals surface area contributed by atoms with Crippen molar-refractivity contribution in [1.82, 2.24) is 30.0 Å². The Bertz CT molecular complexity index is 576. The molecule has 20 heavy (non-hydrogen) atoms. The van der Waals surface area contributed by atoms with Crippen molar-refractivity contribution in [1.29, 1.82) is 0 Å². The zero-order valence-corrected chi connectivity index (χ0v) is 12.9. The fourth-order valence-electron chi connectivity index (χ4n) is 1.79. The van der Waals surface area contributed by atoms with Crippen LogP contribution in [-0.2, 0) is 11.2 Å². The predicted octanol–water partition coefficient (Wildman–Crippen LogP) is 0.495. The molecule has 0 bridgehead atoms. The summed E-state index contributed by atoms with van der Waals surface area (Å²) >= 11 is 1.48. The van der Waals surface area contributed by atoms with Gasteiger partial charge in [-0.1, -0.05) is 11.3 Å². The average Bonchev–Trinajstić information content (AvgIpc) is 2.94. The lowest BCUT2D eigenvalue weighted by Crippen LogP contribution is -2.27. The molecule has 0 saturated carbocycles. The van der Waals surface area contributed by atoms with Crippen LogP contribution in [0, 0.1) is 6.92 Å². The number of aryl methyl sites for hydroxylation is 2. The molecule has 2 aromatic rings. The Kier molecular flexibility index (Phi) is 5.02. The summed E-state index contributed by atoms with van der Waals surface area (Å²) in [5.74, 6) is 0.849. The SMILES string of the molecule is Cc1nnc2sc(CCC(=O)NCCCN(C)C)nn12. The molecule has 0 aliphatic carbocycles. The van der Waals surface area contributed by atoms with Crippen molar-refractivity contribution in [3.63, 3.8) is 0 Å². The zero-order valence-electron chi connectivity index (χ0n) is 12.1. The van der Waals surface area contributed by atoms with E-state index in [4.69, 9.17) is 0 Å². The minimum absolute atomic E-state index is 0.0754. The van der Waals surface area contributed by atoms with Gasteiger partial charge in [-0.05, 0) is 34.0 Å². The Morgan fingerprint density at radius 3 is 2.90 bits per heavy atom. The molecule has 8 heteroatoms. The van der Waals surface area contributed by atoms with E-state index < -0.39 is 0 Å². The first-order valence-corrected chi connectivity index (χ1v) is 7.47. The molecular formula is C12H20N6OS. The van der Waals surface area contributed by atoms with Crippen LogP contribution in [0.1, 0.15) is 23.7 Å². The molecule has 0 aliphatic heterocycles. The highest BCUT2D eigenvalue weighted by atomic mass is 32.1. The van der Waals surface area contributed by atoms with E-state index in [9.17, 15) is 4.79 Å². The van der Waals surface area contributed by atoms with Crippen LogP contribution in [0.2, 0.25) is 0 Å². The van der Waals surface area contributed by atoms with E-state index >= 15 is 0 Å². The maximum atomic E-state index is 11.7. The standard InChI is InChI=1S/C12H20N6OS/c1-9-14-15-12-18(9)16-11(20-12)6-5-10(19)13-7-4-8-17(2)3/h4-8H2,1-3H3,(H,13,19). The lowest BCUT2D eigenvalue weighted by atomic mass is 10.3. The topological polar surface area (TPSA) is 75.4 Å². The van der Waals surface area contributed by atoms with Crippen molar-refractivity contribution < 1.29 is 4.79 Å². The quantitative estimate of drug-likeness (QED) is 0.753. The van der Waals surface area contributed by atoms with Crippen LogP contribution in [0.4, 0.5) is 0 Å². The van der Waals surface area contributed by atoms with Gasteiger partial charge in [-0.2, -0.15) is 9.61 Å². The van der Waals surface area contributed by atoms with Gasteiger partial charge in [0.25, 0.3) is 0 Å². The third-order valence-electron chi connectivity index (χ3n) is 2.86. The minimum atomic E-state index is 0.0754. The van der Waals surface area contributed by atoms with Gasteiger partial charge in [0.15, 0.2) is 5.82 Å². The summed E-state index contributed by atoms with van der Waals surface area (Å²) in [5.41, 5.74) is 0. The fourth-order valence-corrected chi connectivity index (χ4v) is 2.67. The number of carbonyl (C=O) groups excluding carboxylic acids is 1. The lowest BCUT2D eigenvalue weighted by molar-refractivity contribution is -0.121. The number of nitrogens with one attached hydrogen (secondary N) is 1. The summed E-state index contributed by atoms with van der Waals surface area (Å²) in [6, 6.07) is 0. The molecule has 0 radical (unpaired) electrons. The molecule has 0 aromatic carbocycles. The number of fused-ring (bicyclic) bond motifs is 1. The van der Waals surface area contributed by atoms with Gasteiger partial charge in [-0.3, -0.25) is 4.79 Å². The summed E-state index contributed by atoms with van der Waals surface area (Å²) in [6.07, 6.45) is 2.08. The van der Waals surface area contributed by atoms with Crippen LogP contribution in [-0.4, -0.2) is 57.8 Å². The summed E-state index contributed by atoms with van der Waals surface area (Å²) in [7, 11) is 4.05. The zero-order chi connectivity index (χ0) is 14.5. The monoisotopic (exact) mass is 296 g/mol. The lowest BCUT2D eigenvalue weighted by Gasteiger charge is -2.09. The second-order valence-electron chi connectivity index (χ2n) is 4.94. The van der Waals surface area contributed by atoms with Gasteiger partial charge in [-0.25, -0.2) is 0 Å². The third-order valence-corrected chi connectivity index (χ3v) is 3.82. The van der Waals surface area contributed by atoms with Crippen molar-refractivity contribution in [3.05, 3.63) is 10.8 Å². The molecule has 2 aromatic heterocycles. The molecule has 2 heterocycles. The summed E-state index contributed by atoms with van der Waals surface area (Å²) in [5, 5.41) is 16.2. The van der Waals surface area contributed by atoms with Crippen molar-refractivity contribution in [2.24, 2.45) is 0 Å². The molecule has 0 saturated heterocycles. The van der Waals surface area contributed by atoms with Gasteiger partial charge in [0.05, 0.1) is 0 Å². The first-order valence-electron chi connectivity index (χ1n) is 6.65. The largest absolute Gasteiger partial charge is 0.356 e. The Hall–Kier alpha value is -1.54. The van der Waals surface area contributed by atoms with E-state index in [1.807, 2.05) is 21.0 Å². The highest BCUT2D eigenvalue weighted by molar-refractivity contribution is 7.16. The highest BCUT2D eigenvalue weighted by Gasteiger charge is 2.10. The Morgan fingerprint density at radius 2 is 2.20 bits per heavy atom. The first-order chi connectivity index (χ1) is 9.56. The minimum Gasteiger partial charge on any atom is -0.356 e. The number of rotatable bonds is 7. The first kappa shape index (κ1) is 14.9. The summed E-state index contributed by atoms with van der Waals surface area (Å²) in [6.45, 7) is 3.57. The van der Waals surface area contributed by atoms with Gasteiger partial charge in [0.1, 0.15) is 5.01 Å². The van der Waals surface area contributed by atoms with E-state index in [0.29, 0.717) is 12.8 Å². The molecule has 0 spiro atoms. The van der Waals surface area contributed by atoms with Gasteiger partial charge in [-0.15, -0.1) is 10.2 Å². The molecule has 2 rings (SSSR count). The van der Waals surface area contributed by atoms with Gasteiger partial charge >= 0.3 is 0 Å². The van der Waals surface area contributed by atoms with E-state index in [0.717, 1.165) is 35.3 Å². The average molecular weight is 296 g/mol. The number of hydrogen-bond acceptors (Lipinski definition) is 6. The van der Waals surface area contributed by atoms with Crippen LogP contribution in [0.5, 0.6) is 0 Å². The van der Waals surface area contributed by atoms with Crippen LogP contribution in [0.3, 0.4) is 0 Å². The molecule has 0 aliphatic rings. The number of hydrogen-bond donors (Lipinski definition) is 1. The number of nitrogens with zero attached hydrogens (tertiary/aromatic N) is 5. The van der Waals surface area contributed by atoms with Gasteiger partial charge in [0, 0.05) is 19.4 Å². The van der Waals surface area contributed by atoms with E-state index in [1.54, 1.807) is 4.52 Å². The van der Waals surface area contributed by atoms with Crippen LogP contribution in [0.15, 0.2) is 0 Å². The Labute approximate surface area is 122 Å². The fraction of sp³-hybridized carbons (Fsp3) is 0.667. The highest BCUT2D eigenvalue weighted by Crippen LogP contribution is 2.14. The second-order valence-corrected chi connectivity index (χ2v) is 5.98. The van der Waals surface area contributed by atoms with Crippen molar-refractivity contribution in [2.75, 3.05) is 27.2 Å². The Balaban J connectivity index is 1.72. The van der Waals surface area contributed by atoms with E-state index in [1.165, 1.54) is 11.3 Å². The normalized spacial score (nSPS) is 11.4. The molecule has 0 fully saturated rings. The van der Waals surface area contributed by atoms with E-state index in [2.05, 4.69) is 25.5 Å². The molecule has 1 N–H and O–H groups in total. The van der Waals surface area contributed by atoms with Crippen LogP contribution in [0.25, 0.3) is 4.96 Å². The number of carbonyl (C=O) groups is 1. The van der Waals surface area contributed by atoms with Crippen LogP contribution >= 0.6 is 11.3 Å². The molecule has 7 nitrogen and oxygen atoms in total. The van der Waals surface area contributed by atoms with Crippen molar-refractivity contribution >= 4 is 22.2 Å². The predicted molar refractivity (Wildman–Crippen MR) is 77.9 cm³/mol. The van der Waals surface area contributed by atoms with Crippen molar-refractivity contribution in [3.8, 4) is 0 Å². The van der Waals surface area contributed by atoms with Crippen LogP contribution < -0.4 is 5.32 Å². The number of amides is 1.